The summed E-state index contributed by atoms with van der Waals surface area (Å²) in [5, 5.41) is 5.51. The van der Waals surface area contributed by atoms with Gasteiger partial charge in [-0.25, -0.2) is 0 Å². The summed E-state index contributed by atoms with van der Waals surface area (Å²) in [5.41, 5.74) is 7.93. The van der Waals surface area contributed by atoms with Gasteiger partial charge in [-0.05, 0) is 18.2 Å². The monoisotopic (exact) mass is 299 g/mol. The topological polar surface area (TPSA) is 70.9 Å². The summed E-state index contributed by atoms with van der Waals surface area (Å²) in [4.78, 5) is 13.9. The van der Waals surface area contributed by atoms with E-state index in [1.807, 2.05) is 0 Å². The molecule has 7 heteroatoms. The number of hydrogen-bond acceptors (Lipinski definition) is 4. The van der Waals surface area contributed by atoms with E-state index in [2.05, 4.69) is 10.3 Å². The first-order chi connectivity index (χ1) is 8.56. The average Bonchev–Trinajstić information content (AvgIpc) is 2.73. The van der Waals surface area contributed by atoms with Crippen LogP contribution in [0.3, 0.4) is 0 Å². The normalized spacial score (nSPS) is 10.3. The van der Waals surface area contributed by atoms with E-state index in [0.29, 0.717) is 17.1 Å². The van der Waals surface area contributed by atoms with Crippen LogP contribution in [0.5, 0.6) is 0 Å². The number of nitrogens with two attached hydrogens (primary N) is 1. The Hall–Kier alpha value is -1.37. The van der Waals surface area contributed by atoms with Crippen molar-refractivity contribution in [3.05, 3.63) is 49.5 Å². The highest BCUT2D eigenvalue weighted by Gasteiger charge is 2.06. The molecule has 1 aromatic carbocycles. The summed E-state index contributed by atoms with van der Waals surface area (Å²) in [7, 11) is 0. The van der Waals surface area contributed by atoms with Gasteiger partial charge in [0.25, 0.3) is 0 Å². The van der Waals surface area contributed by atoms with E-state index in [0.717, 1.165) is 22.7 Å². The van der Waals surface area contributed by atoms with Gasteiger partial charge in [0.05, 0.1) is 6.54 Å². The van der Waals surface area contributed by atoms with Crippen molar-refractivity contribution in [1.82, 2.24) is 4.98 Å². The number of hydrogen-bond donors (Lipinski definition) is 3. The van der Waals surface area contributed by atoms with E-state index in [1.165, 1.54) is 0 Å². The summed E-state index contributed by atoms with van der Waals surface area (Å²) in [6.45, 7) is 0.496. The third-order valence-corrected chi connectivity index (χ3v) is 3.46. The highest BCUT2D eigenvalue weighted by Crippen LogP contribution is 2.21. The number of nitrogens with one attached hydrogen (secondary N) is 2. The molecule has 4 N–H and O–H groups in total. The molecule has 0 aliphatic rings. The minimum atomic E-state index is -0.0718. The van der Waals surface area contributed by atoms with Crippen LogP contribution in [0.15, 0.2) is 28.4 Å². The zero-order chi connectivity index (χ0) is 13.1. The fourth-order valence-electron chi connectivity index (χ4n) is 1.47. The van der Waals surface area contributed by atoms with Crippen molar-refractivity contribution < 1.29 is 0 Å². The van der Waals surface area contributed by atoms with Crippen molar-refractivity contribution in [3.8, 4) is 0 Å². The summed E-state index contributed by atoms with van der Waals surface area (Å²) >= 11 is 12.0. The first-order valence-electron chi connectivity index (χ1n) is 5.06. The van der Waals surface area contributed by atoms with Gasteiger partial charge in [-0.3, -0.25) is 4.79 Å². The van der Waals surface area contributed by atoms with E-state index in [9.17, 15) is 4.79 Å². The number of anilines is 1. The predicted octanol–water partition coefficient (Wildman–Crippen LogP) is 2.34. The smallest absolute Gasteiger partial charge is 0.304 e. The first kappa shape index (κ1) is 13.1. The minimum absolute atomic E-state index is 0.0718. The number of aromatic nitrogens is 1. The van der Waals surface area contributed by atoms with Crippen molar-refractivity contribution in [2.45, 2.75) is 6.54 Å². The molecule has 0 unspecified atom stereocenters. The molecule has 2 aromatic rings. The molecule has 2 rings (SSSR count). The molecule has 0 aliphatic heterocycles. The molecule has 0 aliphatic carbocycles. The van der Waals surface area contributed by atoms with Gasteiger partial charge in [-0.1, -0.05) is 35.2 Å². The zero-order valence-electron chi connectivity index (χ0n) is 9.20. The van der Waals surface area contributed by atoms with E-state index in [-0.39, 0.29) is 9.86 Å². The largest absolute Gasteiger partial charge is 0.389 e. The highest BCUT2D eigenvalue weighted by atomic mass is 35.5. The van der Waals surface area contributed by atoms with Crippen LogP contribution in [-0.4, -0.2) is 9.97 Å². The number of thiocarbonyl (C=S) groups is 1. The van der Waals surface area contributed by atoms with Gasteiger partial charge in [-0.2, -0.15) is 0 Å². The third kappa shape index (κ3) is 3.10. The Morgan fingerprint density at radius 2 is 2.33 bits per heavy atom. The molecule has 0 bridgehead atoms. The molecule has 0 spiro atoms. The molecule has 0 amide bonds. The third-order valence-electron chi connectivity index (χ3n) is 2.29. The zero-order valence-corrected chi connectivity index (χ0v) is 11.6. The van der Waals surface area contributed by atoms with Gasteiger partial charge in [0.15, 0.2) is 0 Å². The lowest BCUT2D eigenvalue weighted by molar-refractivity contribution is 1.06. The van der Waals surface area contributed by atoms with Gasteiger partial charge < -0.3 is 16.0 Å². The van der Waals surface area contributed by atoms with Gasteiger partial charge in [0.1, 0.15) is 4.99 Å². The lowest BCUT2D eigenvalue weighted by Crippen LogP contribution is -2.13. The predicted molar refractivity (Wildman–Crippen MR) is 79.6 cm³/mol. The van der Waals surface area contributed by atoms with Crippen LogP contribution in [0.2, 0.25) is 5.02 Å². The van der Waals surface area contributed by atoms with Crippen molar-refractivity contribution in [2.75, 3.05) is 5.32 Å². The molecular formula is C11H10ClN3OS2. The maximum Gasteiger partial charge on any atom is 0.304 e. The van der Waals surface area contributed by atoms with Crippen molar-refractivity contribution in [2.24, 2.45) is 5.73 Å². The van der Waals surface area contributed by atoms with Gasteiger partial charge in [0.2, 0.25) is 0 Å². The lowest BCUT2D eigenvalue weighted by Gasteiger charge is -2.10. The molecule has 0 fully saturated rings. The molecule has 0 atom stereocenters. The second-order valence-corrected chi connectivity index (χ2v) is 5.30. The first-order valence-corrected chi connectivity index (χ1v) is 6.73. The number of rotatable bonds is 4. The van der Waals surface area contributed by atoms with Crippen LogP contribution in [0.1, 0.15) is 11.3 Å². The van der Waals surface area contributed by atoms with E-state index >= 15 is 0 Å². The SMILES string of the molecule is NC(=S)c1cc(Cl)ccc1NCc1csc(=O)[nH]1. The standard InChI is InChI=1S/C11H10ClN3OS2/c12-6-1-2-9(8(3-6)10(13)17)14-4-7-5-18-11(16)15-7/h1-3,5,14H,4H2,(H2,13,17)(H,15,16). The second-order valence-electron chi connectivity index (χ2n) is 3.58. The van der Waals surface area contributed by atoms with Crippen LogP contribution in [0.4, 0.5) is 5.69 Å². The second kappa shape index (κ2) is 5.51. The number of aromatic amines is 1. The van der Waals surface area contributed by atoms with Crippen LogP contribution < -0.4 is 15.9 Å². The molecule has 18 heavy (non-hydrogen) atoms. The van der Waals surface area contributed by atoms with E-state index in [4.69, 9.17) is 29.6 Å². The van der Waals surface area contributed by atoms with E-state index in [1.54, 1.807) is 23.6 Å². The Morgan fingerprint density at radius 1 is 1.56 bits per heavy atom. The summed E-state index contributed by atoms with van der Waals surface area (Å²) in [5.74, 6) is 0. The van der Waals surface area contributed by atoms with Crippen LogP contribution >= 0.6 is 35.2 Å². The Labute approximate surface area is 118 Å². The van der Waals surface area contributed by atoms with Crippen molar-refractivity contribution >= 4 is 45.8 Å². The molecule has 0 saturated carbocycles. The molecule has 1 aromatic heterocycles. The molecular weight excluding hydrogens is 290 g/mol. The number of H-pyrrole nitrogens is 1. The quantitative estimate of drug-likeness (QED) is 0.758. The fourth-order valence-corrected chi connectivity index (χ4v) is 2.39. The lowest BCUT2D eigenvalue weighted by atomic mass is 10.1. The van der Waals surface area contributed by atoms with Crippen LogP contribution in [-0.2, 0) is 6.54 Å². The maximum absolute atomic E-state index is 11.0. The Kier molecular flexibility index (Phi) is 4.00. The summed E-state index contributed by atoms with van der Waals surface area (Å²) < 4.78 is 0. The number of halogens is 1. The number of benzene rings is 1. The van der Waals surface area contributed by atoms with Gasteiger partial charge in [0, 0.05) is 27.3 Å². The summed E-state index contributed by atoms with van der Waals surface area (Å²) in [6, 6.07) is 5.27. The van der Waals surface area contributed by atoms with Gasteiger partial charge >= 0.3 is 4.87 Å². The van der Waals surface area contributed by atoms with Crippen LogP contribution in [0, 0.1) is 0 Å². The Morgan fingerprint density at radius 3 is 2.94 bits per heavy atom. The van der Waals surface area contributed by atoms with Crippen LogP contribution in [0.25, 0.3) is 0 Å². The molecule has 1 heterocycles. The van der Waals surface area contributed by atoms with Crippen molar-refractivity contribution in [1.29, 1.82) is 0 Å². The minimum Gasteiger partial charge on any atom is -0.389 e. The molecule has 0 saturated heterocycles. The average molecular weight is 300 g/mol. The Balaban J connectivity index is 2.18. The Bertz CT molecular complexity index is 635. The highest BCUT2D eigenvalue weighted by molar-refractivity contribution is 7.80. The van der Waals surface area contributed by atoms with E-state index < -0.39 is 0 Å². The van der Waals surface area contributed by atoms with Crippen molar-refractivity contribution in [3.63, 3.8) is 0 Å². The molecule has 0 radical (unpaired) electrons. The summed E-state index contributed by atoms with van der Waals surface area (Å²) in [6.07, 6.45) is 0. The maximum atomic E-state index is 11.0. The fraction of sp³-hybridized carbons (Fsp3) is 0.0909. The van der Waals surface area contributed by atoms with Gasteiger partial charge in [-0.15, -0.1) is 0 Å². The number of thiazole rings is 1. The molecule has 4 nitrogen and oxygen atoms in total. The molecule has 94 valence electrons.